The van der Waals surface area contributed by atoms with E-state index in [1.807, 2.05) is 13.1 Å². The van der Waals surface area contributed by atoms with Crippen LogP contribution in [0.5, 0.6) is 11.5 Å². The number of amides is 2. The fraction of sp³-hybridized carbons (Fsp3) is 0.643. The number of aromatic nitrogens is 1. The molecule has 2 spiro atoms. The van der Waals surface area contributed by atoms with Crippen LogP contribution < -0.4 is 4.74 Å². The number of phenols is 1. The van der Waals surface area contributed by atoms with Gasteiger partial charge >= 0.3 is 6.03 Å². The summed E-state index contributed by atoms with van der Waals surface area (Å²) >= 11 is 0. The molecule has 3 aliphatic carbocycles. The van der Waals surface area contributed by atoms with E-state index in [0.29, 0.717) is 18.3 Å². The summed E-state index contributed by atoms with van der Waals surface area (Å²) in [5.41, 5.74) is 3.34. The van der Waals surface area contributed by atoms with Gasteiger partial charge in [-0.3, -0.25) is 4.90 Å². The van der Waals surface area contributed by atoms with E-state index >= 15 is 0 Å². The number of hydrogen-bond donors (Lipinski definition) is 1. The second kappa shape index (κ2) is 7.18. The van der Waals surface area contributed by atoms with Crippen LogP contribution in [-0.4, -0.2) is 75.7 Å². The number of rotatable bonds is 4. The monoisotopic (exact) mass is 490 g/mol. The van der Waals surface area contributed by atoms with Crippen LogP contribution >= 0.6 is 0 Å². The first-order valence-corrected chi connectivity index (χ1v) is 13.7. The van der Waals surface area contributed by atoms with Crippen LogP contribution in [0.4, 0.5) is 4.79 Å². The van der Waals surface area contributed by atoms with Crippen molar-refractivity contribution in [1.29, 1.82) is 0 Å². The third-order valence-corrected chi connectivity index (χ3v) is 10.7. The van der Waals surface area contributed by atoms with E-state index in [4.69, 9.17) is 9.15 Å². The van der Waals surface area contributed by atoms with Crippen molar-refractivity contribution in [2.24, 2.45) is 11.3 Å². The minimum atomic E-state index is -0.123. The molecule has 1 N–H and O–H groups in total. The minimum Gasteiger partial charge on any atom is -0.504 e. The van der Waals surface area contributed by atoms with Crippen molar-refractivity contribution in [3.05, 3.63) is 41.6 Å². The Hall–Kier alpha value is -2.74. The first kappa shape index (κ1) is 21.4. The molecular weight excluding hydrogens is 456 g/mol. The van der Waals surface area contributed by atoms with E-state index in [0.717, 1.165) is 56.8 Å². The van der Waals surface area contributed by atoms with Crippen molar-refractivity contribution < 1.29 is 19.1 Å². The molecule has 8 heteroatoms. The molecule has 5 atom stereocenters. The summed E-state index contributed by atoms with van der Waals surface area (Å²) in [6, 6.07) is 4.48. The van der Waals surface area contributed by atoms with E-state index < -0.39 is 0 Å². The predicted octanol–water partition coefficient (Wildman–Crippen LogP) is 3.53. The van der Waals surface area contributed by atoms with Gasteiger partial charge in [0.2, 0.25) is 0 Å². The van der Waals surface area contributed by atoms with Crippen molar-refractivity contribution in [2.45, 2.75) is 75.1 Å². The molecule has 2 aromatic rings. The lowest BCUT2D eigenvalue weighted by Gasteiger charge is -2.66. The van der Waals surface area contributed by atoms with Crippen molar-refractivity contribution >= 4 is 6.03 Å². The molecule has 8 nitrogen and oxygen atoms in total. The molecule has 0 unspecified atom stereocenters. The molecule has 190 valence electrons. The van der Waals surface area contributed by atoms with Gasteiger partial charge in [0.05, 0.1) is 18.3 Å². The number of piperidine rings is 1. The number of oxazole rings is 1. The maximum absolute atomic E-state index is 13.9. The molecule has 5 heterocycles. The molecule has 36 heavy (non-hydrogen) atoms. The number of phenolic OH excluding ortho intramolecular Hbond substituents is 1. The average molecular weight is 491 g/mol. The highest BCUT2D eigenvalue weighted by Crippen LogP contribution is 2.71. The van der Waals surface area contributed by atoms with Gasteiger partial charge in [0.25, 0.3) is 0 Å². The number of urea groups is 1. The molecule has 2 amide bonds. The first-order chi connectivity index (χ1) is 17.5. The van der Waals surface area contributed by atoms with Gasteiger partial charge in [-0.05, 0) is 69.0 Å². The lowest BCUT2D eigenvalue weighted by Crippen LogP contribution is -2.73. The average Bonchev–Trinajstić information content (AvgIpc) is 3.50. The van der Waals surface area contributed by atoms with E-state index in [1.165, 1.54) is 36.9 Å². The molecule has 1 aromatic heterocycles. The van der Waals surface area contributed by atoms with E-state index in [1.54, 1.807) is 11.2 Å². The van der Waals surface area contributed by atoms with Crippen molar-refractivity contribution in [3.8, 4) is 11.5 Å². The highest BCUT2D eigenvalue weighted by atomic mass is 16.5. The summed E-state index contributed by atoms with van der Waals surface area (Å²) in [6.45, 7) is 3.47. The van der Waals surface area contributed by atoms with Crippen molar-refractivity contribution in [2.75, 3.05) is 26.7 Å². The summed E-state index contributed by atoms with van der Waals surface area (Å²) in [5, 5.41) is 10.9. The Bertz CT molecular complexity index is 1230. The lowest BCUT2D eigenvalue weighted by molar-refractivity contribution is -0.129. The molecule has 9 rings (SSSR count). The van der Waals surface area contributed by atoms with Gasteiger partial charge in [0, 0.05) is 42.6 Å². The van der Waals surface area contributed by atoms with Gasteiger partial charge in [-0.2, -0.15) is 0 Å². The zero-order valence-electron chi connectivity index (χ0n) is 20.9. The summed E-state index contributed by atoms with van der Waals surface area (Å²) in [4.78, 5) is 24.8. The maximum atomic E-state index is 13.9. The Morgan fingerprint density at radius 2 is 2.11 bits per heavy atom. The van der Waals surface area contributed by atoms with Gasteiger partial charge in [0.1, 0.15) is 12.4 Å². The number of carbonyl (C=O) groups excluding carboxylic acids is 1. The van der Waals surface area contributed by atoms with Gasteiger partial charge in [-0.15, -0.1) is 0 Å². The quantitative estimate of drug-likeness (QED) is 0.706. The van der Waals surface area contributed by atoms with Crippen molar-refractivity contribution in [3.63, 3.8) is 0 Å². The van der Waals surface area contributed by atoms with Crippen LogP contribution in [0.25, 0.3) is 0 Å². The second-order valence-corrected chi connectivity index (χ2v) is 12.2. The fourth-order valence-corrected chi connectivity index (χ4v) is 9.07. The summed E-state index contributed by atoms with van der Waals surface area (Å²) in [7, 11) is 1.85. The SMILES string of the molecule is CN(Cc1cocn1)C(=O)N1CC[C@@]23CC[C@@H]1[C@@H]1Oc4c(O)ccc5c4[C@@]12CCN(CC1CC1)[C@@H]3C5. The Labute approximate surface area is 211 Å². The first-order valence-electron chi connectivity index (χ1n) is 13.7. The van der Waals surface area contributed by atoms with E-state index in [9.17, 15) is 9.90 Å². The number of benzene rings is 1. The zero-order chi connectivity index (χ0) is 24.2. The minimum absolute atomic E-state index is 0.00117. The molecule has 3 saturated heterocycles. The fourth-order valence-electron chi connectivity index (χ4n) is 9.07. The molecular formula is C28H34N4O4. The summed E-state index contributed by atoms with van der Waals surface area (Å²) < 4.78 is 11.9. The molecule has 4 bridgehead atoms. The topological polar surface area (TPSA) is 82.3 Å². The van der Waals surface area contributed by atoms with E-state index in [2.05, 4.69) is 20.9 Å². The molecule has 2 saturated carbocycles. The number of ether oxygens (including phenoxy) is 1. The van der Waals surface area contributed by atoms with Crippen LogP contribution in [0.2, 0.25) is 0 Å². The number of likely N-dealkylation sites (tertiary alicyclic amines) is 1. The number of carbonyl (C=O) groups is 1. The molecule has 5 fully saturated rings. The highest BCUT2D eigenvalue weighted by Gasteiger charge is 2.74. The third kappa shape index (κ3) is 2.58. The van der Waals surface area contributed by atoms with Crippen molar-refractivity contribution in [1.82, 2.24) is 19.7 Å². The van der Waals surface area contributed by atoms with Gasteiger partial charge in [0.15, 0.2) is 17.9 Å². The molecule has 4 aliphatic heterocycles. The molecule has 0 radical (unpaired) electrons. The molecule has 1 aromatic carbocycles. The normalized spacial score (nSPS) is 35.8. The van der Waals surface area contributed by atoms with Crippen LogP contribution in [0.3, 0.4) is 0 Å². The standard InChI is InChI=1S/C28H34N4O4/c1-30(14-19-15-35-16-29-19)26(34)32-11-8-27-7-6-20(32)25-28(27)9-10-31(13-17-2-3-17)22(27)12-18-4-5-21(33)24(36-25)23(18)28/h4-5,15-17,20,22,25,33H,2-3,6-14H2,1H3/t20-,22-,25+,27-,28+/m1/s1. The predicted molar refractivity (Wildman–Crippen MR) is 131 cm³/mol. The summed E-state index contributed by atoms with van der Waals surface area (Å²) in [5.74, 6) is 1.81. The number of aromatic hydroxyl groups is 1. The number of fused-ring (bicyclic) bond motifs is 3. The Balaban J connectivity index is 1.22. The lowest BCUT2D eigenvalue weighted by atomic mass is 9.42. The summed E-state index contributed by atoms with van der Waals surface area (Å²) in [6.07, 6.45) is 10.8. The highest BCUT2D eigenvalue weighted by molar-refractivity contribution is 5.75. The number of hydrogen-bond acceptors (Lipinski definition) is 6. The van der Waals surface area contributed by atoms with Gasteiger partial charge in [-0.1, -0.05) is 6.07 Å². The number of nitrogens with zero attached hydrogens (tertiary/aromatic N) is 4. The van der Waals surface area contributed by atoms with Crippen LogP contribution in [-0.2, 0) is 18.4 Å². The maximum Gasteiger partial charge on any atom is 0.320 e. The van der Waals surface area contributed by atoms with Gasteiger partial charge < -0.3 is 24.1 Å². The third-order valence-electron chi connectivity index (χ3n) is 10.7. The largest absolute Gasteiger partial charge is 0.504 e. The van der Waals surface area contributed by atoms with Crippen LogP contribution in [0.1, 0.15) is 55.3 Å². The Morgan fingerprint density at radius 3 is 2.92 bits per heavy atom. The Kier molecular flexibility index (Phi) is 4.26. The van der Waals surface area contributed by atoms with E-state index in [-0.39, 0.29) is 34.8 Å². The Morgan fingerprint density at radius 1 is 1.22 bits per heavy atom. The van der Waals surface area contributed by atoms with Gasteiger partial charge in [-0.25, -0.2) is 9.78 Å². The zero-order valence-corrected chi connectivity index (χ0v) is 20.9. The van der Waals surface area contributed by atoms with Crippen LogP contribution in [0, 0.1) is 11.3 Å². The second-order valence-electron chi connectivity index (χ2n) is 12.2. The van der Waals surface area contributed by atoms with Crippen LogP contribution in [0.15, 0.2) is 29.2 Å². The molecule has 7 aliphatic rings. The smallest absolute Gasteiger partial charge is 0.320 e.